The van der Waals surface area contributed by atoms with E-state index in [0.29, 0.717) is 12.8 Å². The van der Waals surface area contributed by atoms with Crippen molar-refractivity contribution in [1.82, 2.24) is 0 Å². The summed E-state index contributed by atoms with van der Waals surface area (Å²) in [5.41, 5.74) is 0. The summed E-state index contributed by atoms with van der Waals surface area (Å²) in [6, 6.07) is 0. The van der Waals surface area contributed by atoms with Crippen molar-refractivity contribution >= 4 is 0 Å². The van der Waals surface area contributed by atoms with Gasteiger partial charge in [0.2, 0.25) is 0 Å². The Bertz CT molecular complexity index is 199. The smallest absolute Gasteiger partial charge is 0.269 e. The summed E-state index contributed by atoms with van der Waals surface area (Å²) in [5.74, 6) is -1.21. The van der Waals surface area contributed by atoms with Gasteiger partial charge in [0.25, 0.3) is 5.79 Å². The molecule has 1 saturated carbocycles. The van der Waals surface area contributed by atoms with Crippen molar-refractivity contribution in [3.63, 3.8) is 0 Å². The molecule has 0 aromatic heterocycles. The Hall–Kier alpha value is -0.680. The van der Waals surface area contributed by atoms with Crippen molar-refractivity contribution in [2.24, 2.45) is 5.34 Å². The largest absolute Gasteiger partial charge is 0.325 e. The zero-order valence-corrected chi connectivity index (χ0v) is 10.4. The van der Waals surface area contributed by atoms with Crippen LogP contribution >= 0.6 is 0 Å². The molecule has 1 aliphatic rings. The quantitative estimate of drug-likeness (QED) is 0.350. The molecule has 5 heteroatoms. The molecule has 0 bridgehead atoms. The van der Waals surface area contributed by atoms with Gasteiger partial charge in [-0.05, 0) is 12.8 Å². The lowest BCUT2D eigenvalue weighted by Gasteiger charge is -2.26. The van der Waals surface area contributed by atoms with Gasteiger partial charge in [0.05, 0.1) is 0 Å². The topological polar surface area (TPSA) is 68.1 Å². The molecular weight excluding hydrogens is 222 g/mol. The summed E-state index contributed by atoms with van der Waals surface area (Å²) in [5, 5.41) is 11.4. The summed E-state index contributed by atoms with van der Waals surface area (Å²) in [6.07, 6.45) is 11.2. The van der Waals surface area contributed by atoms with Crippen molar-refractivity contribution in [1.29, 1.82) is 0 Å². The predicted molar refractivity (Wildman–Crippen MR) is 64.1 cm³/mol. The first-order chi connectivity index (χ1) is 8.33. The molecule has 0 atom stereocenters. The normalized spacial score (nSPS) is 23.1. The fourth-order valence-electron chi connectivity index (χ4n) is 2.42. The monoisotopic (exact) mass is 245 g/mol. The minimum absolute atomic E-state index is 0.523. The van der Waals surface area contributed by atoms with Gasteiger partial charge >= 0.3 is 0 Å². The van der Waals surface area contributed by atoms with Gasteiger partial charge in [0.15, 0.2) is 5.34 Å². The van der Waals surface area contributed by atoms with E-state index in [2.05, 4.69) is 10.2 Å². The molecule has 1 N–H and O–H groups in total. The van der Waals surface area contributed by atoms with E-state index >= 15 is 0 Å². The minimum Gasteiger partial charge on any atom is -0.325 e. The Morgan fingerprint density at radius 2 is 1.24 bits per heavy atom. The molecule has 17 heavy (non-hydrogen) atoms. The Balaban J connectivity index is 2.48. The average molecular weight is 245 g/mol. The van der Waals surface area contributed by atoms with Crippen LogP contribution in [-0.4, -0.2) is 11.0 Å². The van der Waals surface area contributed by atoms with Crippen LogP contribution in [0.4, 0.5) is 0 Å². The second-order valence-corrected chi connectivity index (χ2v) is 4.85. The Kier molecular flexibility index (Phi) is 7.12. The molecule has 0 radical (unpaired) electrons. The van der Waals surface area contributed by atoms with Gasteiger partial charge in [-0.1, -0.05) is 44.9 Å². The highest BCUT2D eigenvalue weighted by atomic mass is 17.2. The summed E-state index contributed by atoms with van der Waals surface area (Å²) in [7, 11) is 0. The van der Waals surface area contributed by atoms with Crippen LogP contribution in [0.3, 0.4) is 0 Å². The molecule has 0 aromatic rings. The lowest BCUT2D eigenvalue weighted by atomic mass is 9.97. The van der Waals surface area contributed by atoms with Crippen LogP contribution < -0.4 is 0 Å². The van der Waals surface area contributed by atoms with Gasteiger partial charge in [0.1, 0.15) is 0 Å². The highest BCUT2D eigenvalue weighted by molar-refractivity contribution is 4.69. The van der Waals surface area contributed by atoms with Crippen molar-refractivity contribution < 1.29 is 15.0 Å². The molecule has 5 nitrogen and oxygen atoms in total. The summed E-state index contributed by atoms with van der Waals surface area (Å²) < 4.78 is 0. The minimum atomic E-state index is -1.21. The fraction of sp³-hybridized carbons (Fsp3) is 1.00. The molecule has 0 amide bonds. The fourth-order valence-corrected chi connectivity index (χ4v) is 2.42. The number of nitrogens with zero attached hydrogens (tertiary/aromatic N) is 1. The zero-order valence-electron chi connectivity index (χ0n) is 10.4. The van der Waals surface area contributed by atoms with Crippen LogP contribution in [0.5, 0.6) is 0 Å². The highest BCUT2D eigenvalue weighted by Gasteiger charge is 2.34. The Morgan fingerprint density at radius 3 is 1.59 bits per heavy atom. The second kappa shape index (κ2) is 8.42. The lowest BCUT2D eigenvalue weighted by molar-refractivity contribution is -0.410. The molecular formula is C12H23NO4. The van der Waals surface area contributed by atoms with Gasteiger partial charge in [-0.2, -0.15) is 4.89 Å². The zero-order chi connectivity index (χ0) is 12.4. The number of rotatable bonds is 3. The van der Waals surface area contributed by atoms with Crippen LogP contribution in [0.15, 0.2) is 5.34 Å². The molecule has 100 valence electrons. The highest BCUT2D eigenvalue weighted by Crippen LogP contribution is 2.29. The van der Waals surface area contributed by atoms with E-state index in [1.165, 1.54) is 32.1 Å². The van der Waals surface area contributed by atoms with Crippen molar-refractivity contribution in [2.75, 3.05) is 0 Å². The summed E-state index contributed by atoms with van der Waals surface area (Å²) in [6.45, 7) is 0. The van der Waals surface area contributed by atoms with Crippen LogP contribution in [0.2, 0.25) is 0 Å². The first-order valence-electron chi connectivity index (χ1n) is 6.66. The van der Waals surface area contributed by atoms with Crippen molar-refractivity contribution in [3.05, 3.63) is 4.91 Å². The predicted octanol–water partition coefficient (Wildman–Crippen LogP) is 4.18. The van der Waals surface area contributed by atoms with Crippen LogP contribution in [-0.2, 0) is 9.73 Å². The summed E-state index contributed by atoms with van der Waals surface area (Å²) in [4.78, 5) is 19.4. The first kappa shape index (κ1) is 14.4. The van der Waals surface area contributed by atoms with Gasteiger partial charge in [-0.3, -0.25) is 0 Å². The van der Waals surface area contributed by atoms with E-state index in [9.17, 15) is 4.91 Å². The van der Waals surface area contributed by atoms with Crippen LogP contribution in [0.1, 0.15) is 70.6 Å². The number of hydrogen-bond donors (Lipinski definition) is 1. The first-order valence-corrected chi connectivity index (χ1v) is 6.66. The van der Waals surface area contributed by atoms with Crippen LogP contribution in [0.25, 0.3) is 0 Å². The molecule has 0 spiro atoms. The maximum atomic E-state index is 10.2. The van der Waals surface area contributed by atoms with E-state index in [-0.39, 0.29) is 0 Å². The second-order valence-electron chi connectivity index (χ2n) is 4.85. The van der Waals surface area contributed by atoms with Crippen molar-refractivity contribution in [3.8, 4) is 0 Å². The maximum Gasteiger partial charge on any atom is 0.269 e. The van der Waals surface area contributed by atoms with Crippen molar-refractivity contribution in [2.45, 2.75) is 76.4 Å². The SMILES string of the molecule is O=NOC1(OO)CCCCCCCCCCC1. The van der Waals surface area contributed by atoms with E-state index in [4.69, 9.17) is 10.1 Å². The third kappa shape index (κ3) is 5.46. The molecule has 0 saturated heterocycles. The van der Waals surface area contributed by atoms with Gasteiger partial charge in [-0.15, -0.1) is 4.91 Å². The average Bonchev–Trinajstić information content (AvgIpc) is 2.33. The Morgan fingerprint density at radius 1 is 0.824 bits per heavy atom. The van der Waals surface area contributed by atoms with E-state index in [1.54, 1.807) is 0 Å². The van der Waals surface area contributed by atoms with Gasteiger partial charge in [-0.25, -0.2) is 5.26 Å². The number of hydrogen-bond acceptors (Lipinski definition) is 5. The molecule has 0 heterocycles. The molecule has 0 aliphatic heterocycles. The molecule has 1 fully saturated rings. The third-order valence-electron chi connectivity index (χ3n) is 3.49. The van der Waals surface area contributed by atoms with E-state index in [0.717, 1.165) is 25.7 Å². The summed E-state index contributed by atoms with van der Waals surface area (Å²) >= 11 is 0. The van der Waals surface area contributed by atoms with Gasteiger partial charge < -0.3 is 4.84 Å². The standard InChI is InChI=1S/C12H23NO4/c14-13-16-12(17-15)10-8-6-4-2-1-3-5-7-9-11-12/h15H,1-11H2. The van der Waals surface area contributed by atoms with Crippen LogP contribution in [0, 0.1) is 4.91 Å². The molecule has 0 unspecified atom stereocenters. The maximum absolute atomic E-state index is 10.2. The van der Waals surface area contributed by atoms with E-state index < -0.39 is 5.79 Å². The van der Waals surface area contributed by atoms with Gasteiger partial charge in [0, 0.05) is 12.8 Å². The molecule has 1 rings (SSSR count). The molecule has 1 aliphatic carbocycles. The lowest BCUT2D eigenvalue weighted by Crippen LogP contribution is -2.33. The van der Waals surface area contributed by atoms with E-state index in [1.807, 2.05) is 0 Å². The molecule has 0 aromatic carbocycles. The Labute approximate surface area is 102 Å². The third-order valence-corrected chi connectivity index (χ3v) is 3.49.